The molecule has 57 heavy (non-hydrogen) atoms. The molecule has 2 aromatic carbocycles. The van der Waals surface area contributed by atoms with Gasteiger partial charge in [0.2, 0.25) is 29.5 Å². The van der Waals surface area contributed by atoms with Crippen LogP contribution in [0.2, 0.25) is 0 Å². The zero-order valence-corrected chi connectivity index (χ0v) is 31.3. The Morgan fingerprint density at radius 3 is 1.88 bits per heavy atom. The molecule has 0 fully saturated rings. The quantitative estimate of drug-likeness (QED) is 0.0423. The minimum absolute atomic E-state index is 0.00165. The number of carbonyl (C=O) groups excluding carboxylic acids is 5. The maximum absolute atomic E-state index is 14.0. The molecule has 0 unspecified atom stereocenters. The number of imidazole rings is 2. The Hall–Kier alpha value is -6.67. The number of rotatable bonds is 20. The van der Waals surface area contributed by atoms with Gasteiger partial charge >= 0.3 is 5.97 Å². The number of para-hydroxylation sites is 1. The van der Waals surface area contributed by atoms with Crippen LogP contribution in [0.4, 0.5) is 0 Å². The average Bonchev–Trinajstić information content (AvgIpc) is 4.00. The van der Waals surface area contributed by atoms with Gasteiger partial charge in [-0.25, -0.2) is 14.8 Å². The van der Waals surface area contributed by atoms with Crippen LogP contribution in [0.5, 0.6) is 5.75 Å². The van der Waals surface area contributed by atoms with Crippen LogP contribution in [0.1, 0.15) is 22.5 Å². The number of phenols is 1. The van der Waals surface area contributed by atoms with Crippen molar-refractivity contribution < 1.29 is 39.0 Å². The van der Waals surface area contributed by atoms with Crippen molar-refractivity contribution in [3.63, 3.8) is 0 Å². The lowest BCUT2D eigenvalue weighted by Crippen LogP contribution is -2.58. The van der Waals surface area contributed by atoms with Crippen LogP contribution >= 0.6 is 12.6 Å². The summed E-state index contributed by atoms with van der Waals surface area (Å²) < 4.78 is 0. The van der Waals surface area contributed by atoms with E-state index in [2.05, 4.69) is 64.1 Å². The van der Waals surface area contributed by atoms with E-state index in [0.717, 1.165) is 10.9 Å². The fourth-order valence-electron chi connectivity index (χ4n) is 5.89. The van der Waals surface area contributed by atoms with E-state index in [-0.39, 0.29) is 37.2 Å². The number of nitrogens with two attached hydrogens (primary N) is 1. The van der Waals surface area contributed by atoms with Crippen LogP contribution in [0.3, 0.4) is 0 Å². The lowest BCUT2D eigenvalue weighted by Gasteiger charge is -2.25. The van der Waals surface area contributed by atoms with Crippen molar-refractivity contribution in [2.45, 2.75) is 55.9 Å². The van der Waals surface area contributed by atoms with Gasteiger partial charge in [-0.1, -0.05) is 30.3 Å². The summed E-state index contributed by atoms with van der Waals surface area (Å²) in [5.41, 5.74) is 8.72. The maximum Gasteiger partial charge on any atom is 0.326 e. The number of nitrogens with zero attached hydrogens (tertiary/aromatic N) is 2. The number of aromatic nitrogens is 5. The number of phenolic OH excluding ortho intramolecular Hbond substituents is 1. The number of amides is 5. The number of fused-ring (bicyclic) bond motifs is 1. The number of carboxylic acid groups (broad SMARTS) is 1. The van der Waals surface area contributed by atoms with Gasteiger partial charge < -0.3 is 57.5 Å². The molecule has 5 amide bonds. The maximum atomic E-state index is 14.0. The van der Waals surface area contributed by atoms with Gasteiger partial charge in [0.05, 0.1) is 25.2 Å². The Bertz CT molecular complexity index is 2140. The van der Waals surface area contributed by atoms with Crippen molar-refractivity contribution in [3.8, 4) is 5.75 Å². The molecule has 5 atom stereocenters. The molecule has 20 heteroatoms. The van der Waals surface area contributed by atoms with Crippen LogP contribution in [0, 0.1) is 0 Å². The number of H-pyrrole nitrogens is 3. The van der Waals surface area contributed by atoms with Crippen LogP contribution in [0.25, 0.3) is 10.9 Å². The summed E-state index contributed by atoms with van der Waals surface area (Å²) in [7, 11) is 0. The Kier molecular flexibility index (Phi) is 14.4. The van der Waals surface area contributed by atoms with Crippen LogP contribution in [-0.4, -0.2) is 113 Å². The molecular weight excluding hydrogens is 759 g/mol. The van der Waals surface area contributed by atoms with Crippen molar-refractivity contribution in [1.29, 1.82) is 0 Å². The highest BCUT2D eigenvalue weighted by Crippen LogP contribution is 2.19. The standard InChI is InChI=1S/C37H43N11O8S/c38-26(17-57)33(51)46-29(11-22-14-39-18-43-22)34(52)42-16-32(50)45-30(12-23-15-40-19-44-23)36(54)47-28(9-20-5-7-24(49)8-6-20)35(53)48-31(37(55)56)10-21-13-41-27-4-2-1-3-25(21)27/h1-8,13-15,18-19,26,28-31,41,49,57H,9-12,16-17,38H2,(H,39,43)(H,40,44)(H,42,52)(H,45,50)(H,46,51)(H,47,54)(H,48,53)(H,55,56)/t26-,28-,29-,30-,31-/m0/s1. The molecule has 3 aromatic heterocycles. The van der Waals surface area contributed by atoms with E-state index in [1.54, 1.807) is 18.3 Å². The normalized spacial score (nSPS) is 13.7. The predicted molar refractivity (Wildman–Crippen MR) is 209 cm³/mol. The molecule has 3 heterocycles. The van der Waals surface area contributed by atoms with Crippen molar-refractivity contribution >= 4 is 59.0 Å². The first-order valence-corrected chi connectivity index (χ1v) is 18.4. The van der Waals surface area contributed by atoms with Crippen molar-refractivity contribution in [2.24, 2.45) is 5.73 Å². The van der Waals surface area contributed by atoms with Gasteiger partial charge in [0, 0.05) is 72.3 Å². The number of hydrogen-bond donors (Lipinski definition) is 12. The number of carbonyl (C=O) groups is 6. The first kappa shape index (κ1) is 41.5. The molecule has 0 spiro atoms. The monoisotopic (exact) mass is 801 g/mol. The molecule has 0 saturated heterocycles. The summed E-state index contributed by atoms with van der Waals surface area (Å²) in [5.74, 6) is -5.07. The molecule has 0 saturated carbocycles. The highest BCUT2D eigenvalue weighted by atomic mass is 32.1. The SMILES string of the molecule is N[C@@H](CS)C(=O)N[C@@H](Cc1cnc[nH]1)C(=O)NCC(=O)N[C@@H](Cc1cnc[nH]1)C(=O)N[C@@H](Cc1ccc(O)cc1)C(=O)N[C@@H](Cc1c[nH]c2ccccc12)C(=O)O. The number of carboxylic acids is 1. The molecule has 0 aliphatic rings. The molecule has 0 aliphatic carbocycles. The number of hydrogen-bond acceptors (Lipinski definition) is 11. The first-order chi connectivity index (χ1) is 27.4. The molecule has 0 aliphatic heterocycles. The number of nitrogens with one attached hydrogen (secondary N) is 8. The Morgan fingerprint density at radius 1 is 0.702 bits per heavy atom. The fourth-order valence-corrected chi connectivity index (χ4v) is 6.06. The van der Waals surface area contributed by atoms with Gasteiger partial charge in [0.25, 0.3) is 0 Å². The van der Waals surface area contributed by atoms with Gasteiger partial charge in [0.1, 0.15) is 29.9 Å². The third kappa shape index (κ3) is 11.9. The van der Waals surface area contributed by atoms with Crippen LogP contribution < -0.4 is 32.3 Å². The van der Waals surface area contributed by atoms with E-state index in [4.69, 9.17) is 5.73 Å². The second kappa shape index (κ2) is 19.8. The smallest absolute Gasteiger partial charge is 0.326 e. The third-order valence-corrected chi connectivity index (χ3v) is 9.32. The van der Waals surface area contributed by atoms with Gasteiger partial charge in [-0.2, -0.15) is 12.6 Å². The second-order valence-electron chi connectivity index (χ2n) is 13.1. The summed E-state index contributed by atoms with van der Waals surface area (Å²) in [6.07, 6.45) is 7.06. The van der Waals surface area contributed by atoms with E-state index in [0.29, 0.717) is 22.5 Å². The van der Waals surface area contributed by atoms with Crippen molar-refractivity contribution in [3.05, 3.63) is 102 Å². The van der Waals surface area contributed by atoms with E-state index < -0.39 is 72.3 Å². The summed E-state index contributed by atoms with van der Waals surface area (Å²) in [5, 5.41) is 33.5. The number of aromatic amines is 3. The topological polar surface area (TPSA) is 302 Å². The number of benzene rings is 2. The number of aliphatic carboxylic acids is 1. The van der Waals surface area contributed by atoms with Gasteiger partial charge in [-0.3, -0.25) is 24.0 Å². The van der Waals surface area contributed by atoms with E-state index in [1.807, 2.05) is 24.3 Å². The largest absolute Gasteiger partial charge is 0.508 e. The summed E-state index contributed by atoms with van der Waals surface area (Å²) >= 11 is 4.02. The third-order valence-electron chi connectivity index (χ3n) is 8.92. The second-order valence-corrected chi connectivity index (χ2v) is 13.5. The summed E-state index contributed by atoms with van der Waals surface area (Å²) in [4.78, 5) is 95.9. The van der Waals surface area contributed by atoms with Crippen LogP contribution in [-0.2, 0) is 54.5 Å². The van der Waals surface area contributed by atoms with Crippen LogP contribution in [0.15, 0.2) is 79.8 Å². The molecule has 0 radical (unpaired) electrons. The zero-order valence-electron chi connectivity index (χ0n) is 30.4. The number of aromatic hydroxyl groups is 1. The molecule has 5 rings (SSSR count). The molecule has 5 aromatic rings. The lowest BCUT2D eigenvalue weighted by atomic mass is 10.0. The van der Waals surface area contributed by atoms with Gasteiger partial charge in [0.15, 0.2) is 0 Å². The minimum Gasteiger partial charge on any atom is -0.508 e. The van der Waals surface area contributed by atoms with E-state index in [1.165, 1.54) is 37.2 Å². The van der Waals surface area contributed by atoms with Crippen molar-refractivity contribution in [1.82, 2.24) is 51.5 Å². The van der Waals surface area contributed by atoms with Gasteiger partial charge in [-0.05, 0) is 29.3 Å². The van der Waals surface area contributed by atoms with Crippen molar-refractivity contribution in [2.75, 3.05) is 12.3 Å². The summed E-state index contributed by atoms with van der Waals surface area (Å²) in [6, 6.07) is 7.01. The van der Waals surface area contributed by atoms with E-state index >= 15 is 0 Å². The Labute approximate surface area is 330 Å². The fraction of sp³-hybridized carbons (Fsp3) is 0.297. The molecule has 19 nitrogen and oxygen atoms in total. The van der Waals surface area contributed by atoms with Gasteiger partial charge in [-0.15, -0.1) is 0 Å². The predicted octanol–water partition coefficient (Wildman–Crippen LogP) is -1.01. The molecular formula is C37H43N11O8S. The zero-order chi connectivity index (χ0) is 40.9. The summed E-state index contributed by atoms with van der Waals surface area (Å²) in [6.45, 7) is -0.606. The molecule has 300 valence electrons. The van der Waals surface area contributed by atoms with E-state index in [9.17, 15) is 39.0 Å². The average molecular weight is 802 g/mol. The Morgan fingerprint density at radius 2 is 1.28 bits per heavy atom. The number of thiol groups is 1. The highest BCUT2D eigenvalue weighted by molar-refractivity contribution is 7.80. The minimum atomic E-state index is -1.38. The lowest BCUT2D eigenvalue weighted by molar-refractivity contribution is -0.142. The Balaban J connectivity index is 1.30. The molecule has 12 N–H and O–H groups in total. The first-order valence-electron chi connectivity index (χ1n) is 17.7. The highest BCUT2D eigenvalue weighted by Gasteiger charge is 2.31. The molecule has 0 bridgehead atoms.